The van der Waals surface area contributed by atoms with Crippen molar-refractivity contribution in [1.82, 2.24) is 3.93 Å². The molecule has 1 aromatic carbocycles. The van der Waals surface area contributed by atoms with E-state index in [2.05, 4.69) is 20.1 Å². The molecule has 1 heterocycles. The molecule has 0 saturated heterocycles. The van der Waals surface area contributed by atoms with Gasteiger partial charge in [0.2, 0.25) is 0 Å². The fourth-order valence-corrected chi connectivity index (χ4v) is 2.44. The summed E-state index contributed by atoms with van der Waals surface area (Å²) in [5.74, 6) is 0.188. The molecule has 1 aliphatic rings. The summed E-state index contributed by atoms with van der Waals surface area (Å²) in [7, 11) is 0. The Bertz CT molecular complexity index is 356. The minimum absolute atomic E-state index is 0.188. The molecule has 14 heavy (non-hydrogen) atoms. The monoisotopic (exact) mass is 275 g/mol. The first-order valence-corrected chi connectivity index (χ1v) is 5.66. The highest BCUT2D eigenvalue weighted by atomic mass is 79.9. The summed E-state index contributed by atoms with van der Waals surface area (Å²) in [6.07, 6.45) is 2.10. The number of aromatic hydroxyl groups is 1. The summed E-state index contributed by atoms with van der Waals surface area (Å²) in [4.78, 5) is 0. The lowest BCUT2D eigenvalue weighted by atomic mass is 10.0. The van der Waals surface area contributed by atoms with Gasteiger partial charge in [0.1, 0.15) is 5.75 Å². The maximum Gasteiger partial charge on any atom is 0.134 e. The van der Waals surface area contributed by atoms with Gasteiger partial charge in [0, 0.05) is 29.2 Å². The van der Waals surface area contributed by atoms with Crippen molar-refractivity contribution in [2.24, 2.45) is 0 Å². The molecule has 0 saturated carbocycles. The van der Waals surface area contributed by atoms with E-state index in [4.69, 9.17) is 11.6 Å². The number of hydrogen-bond acceptors (Lipinski definition) is 2. The largest absolute Gasteiger partial charge is 0.506 e. The van der Waals surface area contributed by atoms with Crippen LogP contribution in [0, 0.1) is 0 Å². The molecule has 0 spiro atoms. The van der Waals surface area contributed by atoms with Crippen molar-refractivity contribution in [3.8, 4) is 5.75 Å². The molecular weight excluding hydrogens is 265 g/mol. The van der Waals surface area contributed by atoms with Crippen molar-refractivity contribution in [3.05, 3.63) is 28.3 Å². The van der Waals surface area contributed by atoms with E-state index in [0.717, 1.165) is 25.9 Å². The Balaban J connectivity index is 2.41. The molecule has 4 heteroatoms. The number of aryl methyl sites for hydroxylation is 1. The lowest BCUT2D eigenvalue weighted by Crippen LogP contribution is -2.09. The Morgan fingerprint density at radius 1 is 1.36 bits per heavy atom. The molecule has 0 aromatic heterocycles. The van der Waals surface area contributed by atoms with Crippen molar-refractivity contribution < 1.29 is 5.11 Å². The van der Waals surface area contributed by atoms with E-state index in [0.29, 0.717) is 5.02 Å². The topological polar surface area (TPSA) is 23.5 Å². The number of phenolic OH excluding ortho intramolecular Hbond substituents is 1. The Morgan fingerprint density at radius 3 is 2.93 bits per heavy atom. The zero-order valence-electron chi connectivity index (χ0n) is 7.63. The van der Waals surface area contributed by atoms with Crippen LogP contribution < -0.4 is 0 Å². The third-order valence-corrected chi connectivity index (χ3v) is 3.37. The quantitative estimate of drug-likeness (QED) is 0.736. The second-order valence-electron chi connectivity index (χ2n) is 3.52. The number of benzene rings is 1. The van der Waals surface area contributed by atoms with Crippen molar-refractivity contribution in [1.29, 1.82) is 0 Å². The minimum Gasteiger partial charge on any atom is -0.506 e. The first kappa shape index (κ1) is 10.3. The molecule has 0 unspecified atom stereocenters. The molecule has 0 fully saturated rings. The first-order valence-electron chi connectivity index (χ1n) is 4.58. The van der Waals surface area contributed by atoms with Crippen molar-refractivity contribution >= 4 is 27.7 Å². The van der Waals surface area contributed by atoms with Crippen LogP contribution >= 0.6 is 27.7 Å². The number of nitrogens with zero attached hydrogens (tertiary/aromatic N) is 1. The van der Waals surface area contributed by atoms with Crippen LogP contribution in [0.1, 0.15) is 17.5 Å². The molecule has 2 rings (SSSR count). The highest BCUT2D eigenvalue weighted by Crippen LogP contribution is 2.30. The molecule has 76 valence electrons. The van der Waals surface area contributed by atoms with E-state index in [-0.39, 0.29) is 5.75 Å². The molecule has 1 N–H and O–H groups in total. The summed E-state index contributed by atoms with van der Waals surface area (Å²) >= 11 is 9.34. The van der Waals surface area contributed by atoms with Gasteiger partial charge in [-0.2, -0.15) is 0 Å². The van der Waals surface area contributed by atoms with Crippen LogP contribution in [0.4, 0.5) is 0 Å². The SMILES string of the molecule is Oc1cc2c(cc1Cl)CN(Br)CCC2. The zero-order chi connectivity index (χ0) is 10.1. The number of phenols is 1. The lowest BCUT2D eigenvalue weighted by Gasteiger charge is -2.11. The van der Waals surface area contributed by atoms with Gasteiger partial charge in [0.05, 0.1) is 5.02 Å². The summed E-state index contributed by atoms with van der Waals surface area (Å²) in [5.41, 5.74) is 2.40. The summed E-state index contributed by atoms with van der Waals surface area (Å²) in [5, 5.41) is 9.91. The van der Waals surface area contributed by atoms with Crippen LogP contribution in [0.3, 0.4) is 0 Å². The van der Waals surface area contributed by atoms with Gasteiger partial charge in [-0.25, -0.2) is 3.93 Å². The molecule has 0 atom stereocenters. The van der Waals surface area contributed by atoms with Crippen LogP contribution in [-0.2, 0) is 13.0 Å². The Hall–Kier alpha value is -0.250. The predicted molar refractivity (Wildman–Crippen MR) is 60.8 cm³/mol. The highest BCUT2D eigenvalue weighted by molar-refractivity contribution is 9.07. The van der Waals surface area contributed by atoms with E-state index >= 15 is 0 Å². The van der Waals surface area contributed by atoms with Crippen LogP contribution in [0.5, 0.6) is 5.75 Å². The number of rotatable bonds is 0. The fraction of sp³-hybridized carbons (Fsp3) is 0.400. The van der Waals surface area contributed by atoms with Crippen molar-refractivity contribution in [2.75, 3.05) is 6.54 Å². The molecular formula is C10H11BrClNO. The molecule has 2 nitrogen and oxygen atoms in total. The maximum atomic E-state index is 9.48. The van der Waals surface area contributed by atoms with Gasteiger partial charge in [-0.1, -0.05) is 11.6 Å². The van der Waals surface area contributed by atoms with Gasteiger partial charge < -0.3 is 5.11 Å². The van der Waals surface area contributed by atoms with Crippen molar-refractivity contribution in [2.45, 2.75) is 19.4 Å². The summed E-state index contributed by atoms with van der Waals surface area (Å²) in [6, 6.07) is 3.63. The van der Waals surface area contributed by atoms with Gasteiger partial charge in [-0.05, 0) is 36.1 Å². The third-order valence-electron chi connectivity index (χ3n) is 2.46. The molecule has 1 aliphatic heterocycles. The minimum atomic E-state index is 0.188. The summed E-state index contributed by atoms with van der Waals surface area (Å²) in [6.45, 7) is 1.86. The van der Waals surface area contributed by atoms with Crippen LogP contribution in [0.25, 0.3) is 0 Å². The Morgan fingerprint density at radius 2 is 2.14 bits per heavy atom. The summed E-state index contributed by atoms with van der Waals surface area (Å²) < 4.78 is 2.09. The fourth-order valence-electron chi connectivity index (χ4n) is 1.73. The third kappa shape index (κ3) is 2.05. The van der Waals surface area contributed by atoms with E-state index in [1.54, 1.807) is 6.07 Å². The predicted octanol–water partition coefficient (Wildman–Crippen LogP) is 3.10. The Kier molecular flexibility index (Phi) is 3.00. The van der Waals surface area contributed by atoms with Gasteiger partial charge >= 0.3 is 0 Å². The number of fused-ring (bicyclic) bond motifs is 1. The second kappa shape index (κ2) is 4.09. The van der Waals surface area contributed by atoms with Gasteiger partial charge in [-0.15, -0.1) is 0 Å². The van der Waals surface area contributed by atoms with Gasteiger partial charge in [-0.3, -0.25) is 0 Å². The Labute approximate surface area is 96.8 Å². The smallest absolute Gasteiger partial charge is 0.134 e. The molecule has 0 aliphatic carbocycles. The van der Waals surface area contributed by atoms with Crippen molar-refractivity contribution in [3.63, 3.8) is 0 Å². The average Bonchev–Trinajstić information content (AvgIpc) is 2.28. The van der Waals surface area contributed by atoms with Crippen LogP contribution in [0.2, 0.25) is 5.02 Å². The maximum absolute atomic E-state index is 9.48. The molecule has 0 bridgehead atoms. The average molecular weight is 277 g/mol. The number of halogens is 2. The van der Waals surface area contributed by atoms with E-state index < -0.39 is 0 Å². The lowest BCUT2D eigenvalue weighted by molar-refractivity contribution is 0.474. The van der Waals surface area contributed by atoms with Crippen LogP contribution in [0.15, 0.2) is 12.1 Å². The zero-order valence-corrected chi connectivity index (χ0v) is 9.98. The van der Waals surface area contributed by atoms with Crippen LogP contribution in [-0.4, -0.2) is 15.6 Å². The molecule has 1 aromatic rings. The number of hydrogen-bond donors (Lipinski definition) is 1. The highest BCUT2D eigenvalue weighted by Gasteiger charge is 2.14. The molecule has 0 radical (unpaired) electrons. The molecule has 0 amide bonds. The van der Waals surface area contributed by atoms with E-state index in [9.17, 15) is 5.11 Å². The van der Waals surface area contributed by atoms with E-state index in [1.807, 2.05) is 6.07 Å². The van der Waals surface area contributed by atoms with E-state index in [1.165, 1.54) is 11.1 Å². The van der Waals surface area contributed by atoms with Gasteiger partial charge in [0.15, 0.2) is 0 Å². The second-order valence-corrected chi connectivity index (χ2v) is 4.93. The normalized spacial score (nSPS) is 17.6. The standard InChI is InChI=1S/C10H11BrClNO/c11-13-3-1-2-7-5-10(14)9(12)4-8(7)6-13/h4-5,14H,1-3,6H2. The first-order chi connectivity index (χ1) is 6.66. The van der Waals surface area contributed by atoms with Gasteiger partial charge in [0.25, 0.3) is 0 Å².